The van der Waals surface area contributed by atoms with Crippen molar-refractivity contribution < 1.29 is 4.74 Å². The lowest BCUT2D eigenvalue weighted by atomic mass is 9.83. The molecule has 0 spiro atoms. The Labute approximate surface area is 143 Å². The topological polar surface area (TPSA) is 57.7 Å². The molecule has 0 atom stereocenters. The molecule has 0 aromatic rings. The average molecular weight is 327 g/mol. The number of rotatable bonds is 9. The number of guanidine groups is 1. The Morgan fingerprint density at radius 1 is 1.13 bits per heavy atom. The number of methoxy groups -OCH3 is 1. The predicted octanol–water partition coefficient (Wildman–Crippen LogP) is 2.53. The first-order valence-electron chi connectivity index (χ1n) is 9.17. The van der Waals surface area contributed by atoms with E-state index in [4.69, 9.17) is 9.73 Å². The summed E-state index contributed by atoms with van der Waals surface area (Å²) in [7, 11) is 1.79. The molecule has 0 unspecified atom stereocenters. The van der Waals surface area contributed by atoms with Gasteiger partial charge in [0, 0.05) is 45.4 Å². The van der Waals surface area contributed by atoms with Crippen molar-refractivity contribution in [2.45, 2.75) is 65.3 Å². The monoisotopic (exact) mass is 326 g/mol. The maximum absolute atomic E-state index is 5.31. The van der Waals surface area contributed by atoms with Crippen LogP contribution in [0.5, 0.6) is 0 Å². The normalized spacial score (nSPS) is 18.2. The number of aliphatic imine (C=N–C) groups is 1. The van der Waals surface area contributed by atoms with Gasteiger partial charge in [0.2, 0.25) is 0 Å². The highest BCUT2D eigenvalue weighted by molar-refractivity contribution is 5.79. The van der Waals surface area contributed by atoms with Crippen molar-refractivity contribution in [3.63, 3.8) is 0 Å². The second kappa shape index (κ2) is 10.1. The third-order valence-corrected chi connectivity index (χ3v) is 4.49. The lowest BCUT2D eigenvalue weighted by Gasteiger charge is -2.27. The molecule has 1 rings (SSSR count). The summed E-state index contributed by atoms with van der Waals surface area (Å²) in [6.45, 7) is 13.1. The molecule has 5 heteroatoms. The molecule has 0 aliphatic heterocycles. The third-order valence-electron chi connectivity index (χ3n) is 4.49. The Kier molecular flexibility index (Phi) is 8.92. The van der Waals surface area contributed by atoms with Gasteiger partial charge in [-0.3, -0.25) is 4.99 Å². The van der Waals surface area contributed by atoms with Crippen LogP contribution in [0.4, 0.5) is 0 Å². The van der Waals surface area contributed by atoms with Crippen molar-refractivity contribution in [2.75, 3.05) is 39.9 Å². The first-order chi connectivity index (χ1) is 10.9. The van der Waals surface area contributed by atoms with E-state index >= 15 is 0 Å². The molecule has 0 bridgehead atoms. The fourth-order valence-electron chi connectivity index (χ4n) is 3.14. The van der Waals surface area contributed by atoms with Gasteiger partial charge in [0.15, 0.2) is 5.96 Å². The summed E-state index contributed by atoms with van der Waals surface area (Å²) in [4.78, 5) is 4.87. The summed E-state index contributed by atoms with van der Waals surface area (Å²) in [6, 6.07) is 0. The summed E-state index contributed by atoms with van der Waals surface area (Å²) in [5.74, 6) is 0.937. The Morgan fingerprint density at radius 3 is 2.39 bits per heavy atom. The van der Waals surface area contributed by atoms with E-state index in [1.807, 2.05) is 0 Å². The molecule has 0 amide bonds. The molecule has 1 fully saturated rings. The van der Waals surface area contributed by atoms with Crippen LogP contribution in [0.1, 0.15) is 59.8 Å². The van der Waals surface area contributed by atoms with Crippen LogP contribution in [-0.4, -0.2) is 51.4 Å². The summed E-state index contributed by atoms with van der Waals surface area (Å²) in [5, 5.41) is 10.3. The number of nitrogens with zero attached hydrogens (tertiary/aromatic N) is 1. The minimum atomic E-state index is 0.158. The van der Waals surface area contributed by atoms with E-state index in [0.29, 0.717) is 5.41 Å². The smallest absolute Gasteiger partial charge is 0.191 e. The van der Waals surface area contributed by atoms with Crippen LogP contribution in [0, 0.1) is 5.41 Å². The van der Waals surface area contributed by atoms with Crippen molar-refractivity contribution in [3.8, 4) is 0 Å². The number of nitrogens with one attached hydrogen (secondary N) is 3. The molecular weight excluding hydrogens is 288 g/mol. The zero-order valence-corrected chi connectivity index (χ0v) is 15.9. The second-order valence-corrected chi connectivity index (χ2v) is 7.75. The van der Waals surface area contributed by atoms with Crippen LogP contribution in [0.3, 0.4) is 0 Å². The van der Waals surface area contributed by atoms with Gasteiger partial charge in [-0.15, -0.1) is 0 Å². The molecule has 1 saturated carbocycles. The van der Waals surface area contributed by atoms with Crippen molar-refractivity contribution in [1.29, 1.82) is 0 Å². The van der Waals surface area contributed by atoms with Gasteiger partial charge in [-0.25, -0.2) is 0 Å². The maximum atomic E-state index is 5.31. The van der Waals surface area contributed by atoms with Crippen molar-refractivity contribution in [1.82, 2.24) is 16.0 Å². The van der Waals surface area contributed by atoms with Crippen LogP contribution in [0.25, 0.3) is 0 Å². The van der Waals surface area contributed by atoms with E-state index in [1.165, 1.54) is 25.7 Å². The van der Waals surface area contributed by atoms with E-state index in [2.05, 4.69) is 43.6 Å². The zero-order valence-electron chi connectivity index (χ0n) is 15.9. The van der Waals surface area contributed by atoms with Gasteiger partial charge in [-0.1, -0.05) is 12.8 Å². The van der Waals surface area contributed by atoms with Gasteiger partial charge in [0.1, 0.15) is 0 Å². The summed E-state index contributed by atoms with van der Waals surface area (Å²) in [6.07, 6.45) is 6.35. The maximum Gasteiger partial charge on any atom is 0.191 e. The standard InChI is InChI=1S/C18H38N4O/c1-6-19-16(20-12-13-22-17(2,3)4)21-15-18(11-14-23-5)9-7-8-10-18/h22H,6-15H2,1-5H3,(H2,19,20,21). The van der Waals surface area contributed by atoms with Crippen LogP contribution >= 0.6 is 0 Å². The lowest BCUT2D eigenvalue weighted by molar-refractivity contribution is 0.141. The van der Waals surface area contributed by atoms with Crippen molar-refractivity contribution >= 4 is 5.96 Å². The molecule has 23 heavy (non-hydrogen) atoms. The van der Waals surface area contributed by atoms with Gasteiger partial charge in [-0.05, 0) is 52.4 Å². The third kappa shape index (κ3) is 8.56. The summed E-state index contributed by atoms with van der Waals surface area (Å²) < 4.78 is 5.31. The fourth-order valence-corrected chi connectivity index (χ4v) is 3.14. The molecule has 136 valence electrons. The van der Waals surface area contributed by atoms with Gasteiger partial charge >= 0.3 is 0 Å². The average Bonchev–Trinajstić information content (AvgIpc) is 2.95. The molecule has 1 aliphatic carbocycles. The quantitative estimate of drug-likeness (QED) is 0.346. The number of hydrogen-bond donors (Lipinski definition) is 3. The molecule has 0 saturated heterocycles. The minimum Gasteiger partial charge on any atom is -0.385 e. The highest BCUT2D eigenvalue weighted by atomic mass is 16.5. The Bertz CT molecular complexity index is 343. The summed E-state index contributed by atoms with van der Waals surface area (Å²) in [5.41, 5.74) is 0.507. The SMILES string of the molecule is CCNC(=NCC1(CCOC)CCCC1)NCCNC(C)(C)C. The number of ether oxygens (including phenoxy) is 1. The lowest BCUT2D eigenvalue weighted by Crippen LogP contribution is -2.44. The highest BCUT2D eigenvalue weighted by Gasteiger charge is 2.33. The first kappa shape index (κ1) is 20.2. The van der Waals surface area contributed by atoms with E-state index in [1.54, 1.807) is 7.11 Å². The largest absolute Gasteiger partial charge is 0.385 e. The van der Waals surface area contributed by atoms with E-state index in [-0.39, 0.29) is 5.54 Å². The van der Waals surface area contributed by atoms with Gasteiger partial charge in [0.05, 0.1) is 0 Å². The van der Waals surface area contributed by atoms with Crippen molar-refractivity contribution in [2.24, 2.45) is 10.4 Å². The Hall–Kier alpha value is -0.810. The molecule has 3 N–H and O–H groups in total. The van der Waals surface area contributed by atoms with Crippen LogP contribution in [0.15, 0.2) is 4.99 Å². The molecule has 0 aromatic carbocycles. The molecule has 5 nitrogen and oxygen atoms in total. The summed E-state index contributed by atoms with van der Waals surface area (Å²) >= 11 is 0. The predicted molar refractivity (Wildman–Crippen MR) is 99.1 cm³/mol. The zero-order chi connectivity index (χ0) is 17.2. The van der Waals surface area contributed by atoms with Crippen LogP contribution in [-0.2, 0) is 4.74 Å². The number of hydrogen-bond acceptors (Lipinski definition) is 3. The highest BCUT2D eigenvalue weighted by Crippen LogP contribution is 2.41. The van der Waals surface area contributed by atoms with E-state index in [9.17, 15) is 0 Å². The van der Waals surface area contributed by atoms with Crippen molar-refractivity contribution in [3.05, 3.63) is 0 Å². The molecular formula is C18H38N4O. The van der Waals surface area contributed by atoms with Crippen LogP contribution < -0.4 is 16.0 Å². The Morgan fingerprint density at radius 2 is 1.83 bits per heavy atom. The molecule has 0 heterocycles. The van der Waals surface area contributed by atoms with E-state index in [0.717, 1.165) is 45.2 Å². The van der Waals surface area contributed by atoms with Gasteiger partial charge in [-0.2, -0.15) is 0 Å². The van der Waals surface area contributed by atoms with Gasteiger partial charge in [0.25, 0.3) is 0 Å². The van der Waals surface area contributed by atoms with E-state index < -0.39 is 0 Å². The minimum absolute atomic E-state index is 0.158. The first-order valence-corrected chi connectivity index (χ1v) is 9.17. The van der Waals surface area contributed by atoms with Gasteiger partial charge < -0.3 is 20.7 Å². The Balaban J connectivity index is 2.48. The second-order valence-electron chi connectivity index (χ2n) is 7.75. The fraction of sp³-hybridized carbons (Fsp3) is 0.944. The van der Waals surface area contributed by atoms with Crippen LogP contribution in [0.2, 0.25) is 0 Å². The molecule has 0 aromatic heterocycles. The molecule has 0 radical (unpaired) electrons. The molecule has 1 aliphatic rings.